The molecule has 1 aliphatic heterocycles. The number of ether oxygens (including phenoxy) is 1. The van der Waals surface area contributed by atoms with E-state index in [1.165, 1.54) is 16.9 Å². The van der Waals surface area contributed by atoms with Crippen LogP contribution in [-0.2, 0) is 9.53 Å². The highest BCUT2D eigenvalue weighted by molar-refractivity contribution is 5.79. The van der Waals surface area contributed by atoms with Crippen LogP contribution in [0, 0.1) is 5.92 Å². The molecule has 1 heterocycles. The van der Waals surface area contributed by atoms with Gasteiger partial charge in [-0.25, -0.2) is 4.79 Å². The van der Waals surface area contributed by atoms with Gasteiger partial charge in [-0.1, -0.05) is 0 Å². The zero-order chi connectivity index (χ0) is 10.0. The quantitative estimate of drug-likeness (QED) is 0.532. The van der Waals surface area contributed by atoms with Crippen molar-refractivity contribution in [2.75, 3.05) is 34.3 Å². The number of methoxy groups -OCH3 is 1. The Morgan fingerprint density at radius 3 is 2.23 bits per heavy atom. The van der Waals surface area contributed by atoms with Gasteiger partial charge in [0.15, 0.2) is 0 Å². The summed E-state index contributed by atoms with van der Waals surface area (Å²) in [6, 6.07) is -0.0554. The van der Waals surface area contributed by atoms with Gasteiger partial charge in [0.05, 0.1) is 13.0 Å². The van der Waals surface area contributed by atoms with Crippen LogP contribution in [0.4, 0.5) is 4.79 Å². The molecule has 74 valence electrons. The maximum absolute atomic E-state index is 11.3. The molecule has 1 fully saturated rings. The van der Waals surface area contributed by atoms with Crippen LogP contribution in [-0.4, -0.2) is 56.1 Å². The van der Waals surface area contributed by atoms with E-state index in [0.717, 1.165) is 0 Å². The monoisotopic (exact) mass is 186 g/mol. The van der Waals surface area contributed by atoms with Crippen LogP contribution in [0.25, 0.3) is 0 Å². The molecule has 1 aliphatic rings. The lowest BCUT2D eigenvalue weighted by Crippen LogP contribution is -2.52. The van der Waals surface area contributed by atoms with E-state index in [4.69, 9.17) is 0 Å². The molecule has 0 unspecified atom stereocenters. The summed E-state index contributed by atoms with van der Waals surface area (Å²) in [6.45, 7) is 0.881. The molecular weight excluding hydrogens is 172 g/mol. The molecule has 0 saturated carbocycles. The zero-order valence-electron chi connectivity index (χ0n) is 8.11. The molecular formula is C8H14N2O3. The van der Waals surface area contributed by atoms with Crippen molar-refractivity contribution >= 4 is 12.0 Å². The largest absolute Gasteiger partial charge is 0.469 e. The maximum atomic E-state index is 11.3. The molecule has 13 heavy (non-hydrogen) atoms. The van der Waals surface area contributed by atoms with Crippen molar-refractivity contribution in [3.05, 3.63) is 0 Å². The lowest BCUT2D eigenvalue weighted by atomic mass is 10.1. The van der Waals surface area contributed by atoms with Crippen molar-refractivity contribution < 1.29 is 14.3 Å². The van der Waals surface area contributed by atoms with Gasteiger partial charge in [-0.15, -0.1) is 0 Å². The van der Waals surface area contributed by atoms with Crippen LogP contribution in [0.2, 0.25) is 0 Å². The lowest BCUT2D eigenvalue weighted by Gasteiger charge is -2.34. The van der Waals surface area contributed by atoms with Gasteiger partial charge in [-0.3, -0.25) is 4.79 Å². The Kier molecular flexibility index (Phi) is 2.75. The van der Waals surface area contributed by atoms with E-state index in [9.17, 15) is 9.59 Å². The number of hydrogen-bond donors (Lipinski definition) is 0. The average molecular weight is 186 g/mol. The second-order valence-electron chi connectivity index (χ2n) is 3.26. The summed E-state index contributed by atoms with van der Waals surface area (Å²) in [5.41, 5.74) is 0. The second-order valence-corrected chi connectivity index (χ2v) is 3.26. The SMILES string of the molecule is COC(=O)C1CN(C)C(=O)N(C)C1. The molecule has 0 aromatic rings. The van der Waals surface area contributed by atoms with Crippen molar-refractivity contribution in [3.8, 4) is 0 Å². The molecule has 1 saturated heterocycles. The number of nitrogens with zero attached hydrogens (tertiary/aromatic N) is 2. The van der Waals surface area contributed by atoms with Gasteiger partial charge in [0.25, 0.3) is 0 Å². The van der Waals surface area contributed by atoms with Gasteiger partial charge in [0, 0.05) is 27.2 Å². The molecule has 2 amide bonds. The second kappa shape index (κ2) is 3.64. The van der Waals surface area contributed by atoms with Crippen LogP contribution in [0.3, 0.4) is 0 Å². The predicted molar refractivity (Wildman–Crippen MR) is 46.2 cm³/mol. The van der Waals surface area contributed by atoms with E-state index >= 15 is 0 Å². The van der Waals surface area contributed by atoms with Crippen LogP contribution in [0.5, 0.6) is 0 Å². The van der Waals surface area contributed by atoms with Gasteiger partial charge in [0.2, 0.25) is 0 Å². The third-order valence-corrected chi connectivity index (χ3v) is 2.18. The van der Waals surface area contributed by atoms with Gasteiger partial charge < -0.3 is 14.5 Å². The molecule has 0 bridgehead atoms. The fourth-order valence-corrected chi connectivity index (χ4v) is 1.48. The van der Waals surface area contributed by atoms with Crippen LogP contribution >= 0.6 is 0 Å². The molecule has 1 rings (SSSR count). The summed E-state index contributed by atoms with van der Waals surface area (Å²) in [6.07, 6.45) is 0. The predicted octanol–water partition coefficient (Wildman–Crippen LogP) is -0.227. The normalized spacial score (nSPS) is 19.2. The first-order chi connectivity index (χ1) is 6.06. The van der Waals surface area contributed by atoms with Gasteiger partial charge in [-0.05, 0) is 0 Å². The number of amides is 2. The number of carbonyl (C=O) groups is 2. The first kappa shape index (κ1) is 9.83. The Hall–Kier alpha value is -1.26. The molecule has 0 aromatic carbocycles. The first-order valence-electron chi connectivity index (χ1n) is 4.10. The molecule has 0 aliphatic carbocycles. The highest BCUT2D eigenvalue weighted by Crippen LogP contribution is 2.12. The topological polar surface area (TPSA) is 49.9 Å². The zero-order valence-corrected chi connectivity index (χ0v) is 8.11. The highest BCUT2D eigenvalue weighted by atomic mass is 16.5. The minimum Gasteiger partial charge on any atom is -0.469 e. The van der Waals surface area contributed by atoms with E-state index < -0.39 is 0 Å². The van der Waals surface area contributed by atoms with E-state index in [2.05, 4.69) is 4.74 Å². The van der Waals surface area contributed by atoms with Crippen molar-refractivity contribution in [2.24, 2.45) is 5.92 Å². The summed E-state index contributed by atoms with van der Waals surface area (Å²) < 4.78 is 4.62. The summed E-state index contributed by atoms with van der Waals surface area (Å²) in [5.74, 6) is -0.483. The van der Waals surface area contributed by atoms with Gasteiger partial charge in [-0.2, -0.15) is 0 Å². The van der Waals surface area contributed by atoms with E-state index in [1.54, 1.807) is 14.1 Å². The highest BCUT2D eigenvalue weighted by Gasteiger charge is 2.31. The minimum absolute atomic E-state index is 0.0554. The summed E-state index contributed by atoms with van der Waals surface area (Å²) in [5, 5.41) is 0. The van der Waals surface area contributed by atoms with Gasteiger partial charge >= 0.3 is 12.0 Å². The number of hydrogen-bond acceptors (Lipinski definition) is 3. The Morgan fingerprint density at radius 2 is 1.85 bits per heavy atom. The smallest absolute Gasteiger partial charge is 0.319 e. The Balaban J connectivity index is 2.63. The molecule has 0 N–H and O–H groups in total. The Bertz CT molecular complexity index is 215. The van der Waals surface area contributed by atoms with E-state index in [1.807, 2.05) is 0 Å². The Labute approximate surface area is 77.2 Å². The van der Waals surface area contributed by atoms with Crippen LogP contribution in [0.1, 0.15) is 0 Å². The lowest BCUT2D eigenvalue weighted by molar-refractivity contribution is -0.146. The fourth-order valence-electron chi connectivity index (χ4n) is 1.48. The summed E-state index contributed by atoms with van der Waals surface area (Å²) in [7, 11) is 4.71. The average Bonchev–Trinajstić information content (AvgIpc) is 2.12. The molecule has 5 nitrogen and oxygen atoms in total. The molecule has 0 spiro atoms. The number of rotatable bonds is 1. The van der Waals surface area contributed by atoms with Gasteiger partial charge in [0.1, 0.15) is 0 Å². The third-order valence-electron chi connectivity index (χ3n) is 2.18. The van der Waals surface area contributed by atoms with E-state index in [-0.39, 0.29) is 17.9 Å². The fraction of sp³-hybridized carbons (Fsp3) is 0.750. The minimum atomic E-state index is -0.258. The Morgan fingerprint density at radius 1 is 1.38 bits per heavy atom. The maximum Gasteiger partial charge on any atom is 0.319 e. The summed E-state index contributed by atoms with van der Waals surface area (Å²) in [4.78, 5) is 25.5. The van der Waals surface area contributed by atoms with Crippen molar-refractivity contribution in [2.45, 2.75) is 0 Å². The van der Waals surface area contributed by atoms with Crippen LogP contribution in [0.15, 0.2) is 0 Å². The molecule has 0 aromatic heterocycles. The first-order valence-corrected chi connectivity index (χ1v) is 4.10. The summed E-state index contributed by atoms with van der Waals surface area (Å²) >= 11 is 0. The molecule has 5 heteroatoms. The number of carbonyl (C=O) groups excluding carboxylic acids is 2. The standard InChI is InChI=1S/C8H14N2O3/c1-9-4-6(7(11)13-3)5-10(2)8(9)12/h6H,4-5H2,1-3H3. The van der Waals surface area contributed by atoms with Crippen molar-refractivity contribution in [1.29, 1.82) is 0 Å². The molecule has 0 atom stereocenters. The van der Waals surface area contributed by atoms with Crippen molar-refractivity contribution in [1.82, 2.24) is 9.80 Å². The van der Waals surface area contributed by atoms with E-state index in [0.29, 0.717) is 13.1 Å². The number of esters is 1. The third kappa shape index (κ3) is 1.91. The molecule has 0 radical (unpaired) electrons. The number of urea groups is 1. The van der Waals surface area contributed by atoms with Crippen LogP contribution < -0.4 is 0 Å². The van der Waals surface area contributed by atoms with Crippen molar-refractivity contribution in [3.63, 3.8) is 0 Å².